The van der Waals surface area contributed by atoms with E-state index in [0.29, 0.717) is 17.8 Å². The van der Waals surface area contributed by atoms with Crippen molar-refractivity contribution in [2.24, 2.45) is 0 Å². The molecule has 1 aliphatic heterocycles. The Morgan fingerprint density at radius 2 is 1.69 bits per heavy atom. The van der Waals surface area contributed by atoms with Crippen molar-refractivity contribution in [1.29, 1.82) is 0 Å². The third-order valence-corrected chi connectivity index (χ3v) is 4.41. The van der Waals surface area contributed by atoms with Crippen LogP contribution >= 0.6 is 0 Å². The fraction of sp³-hybridized carbons (Fsp3) is 0.250. The number of rotatable bonds is 8. The maximum absolute atomic E-state index is 12.3. The molecule has 2 aromatic carbocycles. The van der Waals surface area contributed by atoms with E-state index in [2.05, 4.69) is 0 Å². The van der Waals surface area contributed by atoms with Gasteiger partial charge < -0.3 is 14.2 Å². The molecule has 0 saturated heterocycles. The first-order valence-electron chi connectivity index (χ1n) is 9.65. The summed E-state index contributed by atoms with van der Waals surface area (Å²) in [6, 6.07) is 19.2. The third kappa shape index (κ3) is 6.07. The summed E-state index contributed by atoms with van der Waals surface area (Å²) in [7, 11) is 0. The van der Waals surface area contributed by atoms with Crippen LogP contribution in [-0.4, -0.2) is 24.6 Å². The lowest BCUT2D eigenvalue weighted by molar-refractivity contribution is -0.147. The molecule has 1 heterocycles. The Kier molecular flexibility index (Phi) is 7.22. The molecule has 0 amide bonds. The van der Waals surface area contributed by atoms with Gasteiger partial charge >= 0.3 is 11.9 Å². The van der Waals surface area contributed by atoms with Crippen LogP contribution in [-0.2, 0) is 30.4 Å². The summed E-state index contributed by atoms with van der Waals surface area (Å²) in [6.07, 6.45) is 3.54. The summed E-state index contributed by atoms with van der Waals surface area (Å²) in [5, 5.41) is 0. The van der Waals surface area contributed by atoms with Gasteiger partial charge in [-0.2, -0.15) is 0 Å². The Labute approximate surface area is 170 Å². The first kappa shape index (κ1) is 20.4. The smallest absolute Gasteiger partial charge is 0.337 e. The molecule has 0 N–H and O–H groups in total. The Morgan fingerprint density at radius 1 is 1.00 bits per heavy atom. The second kappa shape index (κ2) is 10.3. The molecule has 0 bridgehead atoms. The number of allylic oxidation sites excluding steroid dienone is 1. The molecule has 0 aromatic heterocycles. The molecule has 29 heavy (non-hydrogen) atoms. The number of hydrogen-bond donors (Lipinski definition) is 0. The second-order valence-electron chi connectivity index (χ2n) is 6.60. The zero-order valence-corrected chi connectivity index (χ0v) is 16.4. The lowest BCUT2D eigenvalue weighted by atomic mass is 10.1. The van der Waals surface area contributed by atoms with Crippen molar-refractivity contribution in [3.8, 4) is 0 Å². The Hall–Kier alpha value is -3.34. The number of carbonyl (C=O) groups excluding carboxylic acids is 2. The highest BCUT2D eigenvalue weighted by molar-refractivity contribution is 5.90. The average molecular weight is 392 g/mol. The summed E-state index contributed by atoms with van der Waals surface area (Å²) in [4.78, 5) is 24.5. The van der Waals surface area contributed by atoms with Crippen molar-refractivity contribution in [1.82, 2.24) is 0 Å². The molecular formula is C24H24O5. The van der Waals surface area contributed by atoms with Crippen molar-refractivity contribution in [2.75, 3.05) is 6.61 Å². The number of ether oxygens (including phenoxy) is 3. The van der Waals surface area contributed by atoms with Crippen LogP contribution in [0.1, 0.15) is 30.9 Å². The molecule has 0 aliphatic carbocycles. The first-order valence-corrected chi connectivity index (χ1v) is 9.65. The van der Waals surface area contributed by atoms with Gasteiger partial charge in [0.15, 0.2) is 0 Å². The summed E-state index contributed by atoms with van der Waals surface area (Å²) in [5.41, 5.74) is 2.35. The summed E-state index contributed by atoms with van der Waals surface area (Å²) in [6.45, 7) is 2.25. The van der Waals surface area contributed by atoms with Gasteiger partial charge in [-0.05, 0) is 24.1 Å². The molecule has 3 rings (SSSR count). The van der Waals surface area contributed by atoms with Crippen molar-refractivity contribution < 1.29 is 23.8 Å². The molecule has 0 spiro atoms. The predicted octanol–water partition coefficient (Wildman–Crippen LogP) is 4.44. The highest BCUT2D eigenvalue weighted by atomic mass is 16.5. The Morgan fingerprint density at radius 3 is 2.38 bits per heavy atom. The van der Waals surface area contributed by atoms with Crippen LogP contribution in [0.3, 0.4) is 0 Å². The van der Waals surface area contributed by atoms with E-state index in [1.165, 1.54) is 0 Å². The van der Waals surface area contributed by atoms with Crippen LogP contribution in [0.5, 0.6) is 0 Å². The molecule has 0 fully saturated rings. The summed E-state index contributed by atoms with van der Waals surface area (Å²) >= 11 is 0. The standard InChI is InChI=1S/C24H24O5/c1-2-27-24(26)21-15-20(16-23(25)28-17-19-11-7-4-8-12-19)29-22(21)14-13-18-9-5-3-6-10-18/h3-14,20H,2,15-17H2,1H3/b14-13+. The van der Waals surface area contributed by atoms with Crippen molar-refractivity contribution in [2.45, 2.75) is 32.5 Å². The molecule has 1 unspecified atom stereocenters. The highest BCUT2D eigenvalue weighted by Crippen LogP contribution is 2.30. The summed E-state index contributed by atoms with van der Waals surface area (Å²) in [5.74, 6) is -0.344. The lowest BCUT2D eigenvalue weighted by Crippen LogP contribution is -2.16. The van der Waals surface area contributed by atoms with Crippen LogP contribution in [0.4, 0.5) is 0 Å². The van der Waals surface area contributed by atoms with Crippen LogP contribution in [0.15, 0.2) is 78.1 Å². The molecule has 5 nitrogen and oxygen atoms in total. The minimum absolute atomic E-state index is 0.0679. The van der Waals surface area contributed by atoms with Gasteiger partial charge in [-0.25, -0.2) is 4.79 Å². The quantitative estimate of drug-likeness (QED) is 0.622. The van der Waals surface area contributed by atoms with Gasteiger partial charge in [-0.1, -0.05) is 66.7 Å². The van der Waals surface area contributed by atoms with E-state index in [-0.39, 0.29) is 25.6 Å². The number of carbonyl (C=O) groups is 2. The van der Waals surface area contributed by atoms with Gasteiger partial charge in [0, 0.05) is 6.42 Å². The largest absolute Gasteiger partial charge is 0.489 e. The monoisotopic (exact) mass is 392 g/mol. The van der Waals surface area contributed by atoms with E-state index in [1.54, 1.807) is 13.0 Å². The molecular weight excluding hydrogens is 368 g/mol. The fourth-order valence-corrected chi connectivity index (χ4v) is 3.00. The van der Waals surface area contributed by atoms with Gasteiger partial charge in [0.1, 0.15) is 18.5 Å². The minimum atomic E-state index is -0.451. The third-order valence-electron chi connectivity index (χ3n) is 4.41. The van der Waals surface area contributed by atoms with Crippen LogP contribution in [0.25, 0.3) is 6.08 Å². The van der Waals surface area contributed by atoms with E-state index in [4.69, 9.17) is 14.2 Å². The van der Waals surface area contributed by atoms with Gasteiger partial charge in [0.25, 0.3) is 0 Å². The molecule has 150 valence electrons. The lowest BCUT2D eigenvalue weighted by Gasteiger charge is -2.11. The van der Waals surface area contributed by atoms with E-state index in [0.717, 1.165) is 11.1 Å². The predicted molar refractivity (Wildman–Crippen MR) is 109 cm³/mol. The van der Waals surface area contributed by atoms with Crippen LogP contribution in [0.2, 0.25) is 0 Å². The SMILES string of the molecule is CCOC(=O)C1=C(/C=C/c2ccccc2)OC(CC(=O)OCc2ccccc2)C1. The van der Waals surface area contributed by atoms with Gasteiger partial charge in [-0.3, -0.25) is 4.79 Å². The number of esters is 2. The first-order chi connectivity index (χ1) is 14.2. The van der Waals surface area contributed by atoms with Gasteiger partial charge in [0.05, 0.1) is 18.6 Å². The zero-order valence-electron chi connectivity index (χ0n) is 16.4. The topological polar surface area (TPSA) is 61.8 Å². The number of benzene rings is 2. The minimum Gasteiger partial charge on any atom is -0.489 e. The number of hydrogen-bond acceptors (Lipinski definition) is 5. The molecule has 5 heteroatoms. The zero-order chi connectivity index (χ0) is 20.5. The van der Waals surface area contributed by atoms with Crippen LogP contribution < -0.4 is 0 Å². The average Bonchev–Trinajstić information content (AvgIpc) is 3.15. The van der Waals surface area contributed by atoms with Crippen LogP contribution in [0, 0.1) is 0 Å². The maximum Gasteiger partial charge on any atom is 0.337 e. The van der Waals surface area contributed by atoms with E-state index >= 15 is 0 Å². The molecule has 1 atom stereocenters. The molecule has 0 saturated carbocycles. The van der Waals surface area contributed by atoms with E-state index in [1.807, 2.05) is 66.7 Å². The Bertz CT molecular complexity index is 884. The van der Waals surface area contributed by atoms with E-state index in [9.17, 15) is 9.59 Å². The molecule has 0 radical (unpaired) electrons. The Balaban J connectivity index is 1.61. The molecule has 1 aliphatic rings. The summed E-state index contributed by atoms with van der Waals surface area (Å²) < 4.78 is 16.3. The van der Waals surface area contributed by atoms with E-state index < -0.39 is 12.1 Å². The van der Waals surface area contributed by atoms with Crippen molar-refractivity contribution in [3.05, 3.63) is 89.2 Å². The maximum atomic E-state index is 12.3. The van der Waals surface area contributed by atoms with Crippen molar-refractivity contribution >= 4 is 18.0 Å². The second-order valence-corrected chi connectivity index (χ2v) is 6.60. The van der Waals surface area contributed by atoms with Gasteiger partial charge in [-0.15, -0.1) is 0 Å². The van der Waals surface area contributed by atoms with Gasteiger partial charge in [0.2, 0.25) is 0 Å². The van der Waals surface area contributed by atoms with Crippen molar-refractivity contribution in [3.63, 3.8) is 0 Å². The highest BCUT2D eigenvalue weighted by Gasteiger charge is 2.31. The normalized spacial score (nSPS) is 16.0. The molecule has 2 aromatic rings. The fourth-order valence-electron chi connectivity index (χ4n) is 3.00.